The molecule has 4 rings (SSSR count). The van der Waals surface area contributed by atoms with Gasteiger partial charge in [0.2, 0.25) is 0 Å². The molecule has 0 aliphatic rings. The van der Waals surface area contributed by atoms with Gasteiger partial charge in [-0.3, -0.25) is 0 Å². The van der Waals surface area contributed by atoms with Gasteiger partial charge in [0.05, 0.1) is 11.1 Å². The average Bonchev–Trinajstić information content (AvgIpc) is 3.28. The Morgan fingerprint density at radius 2 is 1.90 bits per heavy atom. The number of fused-ring (bicyclic) bond motifs is 3. The molecule has 8 nitrogen and oxygen atoms in total. The lowest BCUT2D eigenvalue weighted by Crippen LogP contribution is -2.15. The van der Waals surface area contributed by atoms with E-state index in [0.717, 1.165) is 47.5 Å². The summed E-state index contributed by atoms with van der Waals surface area (Å²) in [6.45, 7) is 8.36. The topological polar surface area (TPSA) is 72.8 Å². The largest absolute Gasteiger partial charge is 0.387 e. The van der Waals surface area contributed by atoms with E-state index in [0.29, 0.717) is 5.82 Å². The number of nitrogens with zero attached hydrogens (tertiary/aromatic N) is 7. The van der Waals surface area contributed by atoms with Crippen molar-refractivity contribution in [3.05, 3.63) is 59.3 Å². The molecule has 0 unspecified atom stereocenters. The summed E-state index contributed by atoms with van der Waals surface area (Å²) in [5.74, 6) is 0.580. The normalized spacial score (nSPS) is 12.4. The van der Waals surface area contributed by atoms with Gasteiger partial charge in [0.15, 0.2) is 18.1 Å². The van der Waals surface area contributed by atoms with E-state index in [9.17, 15) is 0 Å². The third-order valence-electron chi connectivity index (χ3n) is 5.56. The molecule has 3 aromatic heterocycles. The number of rotatable bonds is 8. The molecule has 0 fully saturated rings. The molecule has 0 radical (unpaired) electrons. The number of oxime groups is 1. The highest BCUT2D eigenvalue weighted by molar-refractivity contribution is 5.98. The molecule has 4 aromatic rings. The van der Waals surface area contributed by atoms with Crippen molar-refractivity contribution in [3.63, 3.8) is 0 Å². The van der Waals surface area contributed by atoms with E-state index in [4.69, 9.17) is 14.8 Å². The van der Waals surface area contributed by atoms with Crippen LogP contribution in [0.5, 0.6) is 0 Å². The molecule has 0 aliphatic carbocycles. The Morgan fingerprint density at radius 3 is 2.65 bits per heavy atom. The molecule has 0 spiro atoms. The zero-order valence-electron chi connectivity index (χ0n) is 18.8. The molecule has 3 heterocycles. The van der Waals surface area contributed by atoms with E-state index < -0.39 is 0 Å². The first kappa shape index (κ1) is 21.0. The lowest BCUT2D eigenvalue weighted by molar-refractivity contribution is 0.125. The second kappa shape index (κ2) is 8.85. The van der Waals surface area contributed by atoms with Gasteiger partial charge in [-0.2, -0.15) is 0 Å². The molecule has 31 heavy (non-hydrogen) atoms. The summed E-state index contributed by atoms with van der Waals surface area (Å²) < 4.78 is 4.01. The maximum absolute atomic E-state index is 5.53. The second-order valence-electron chi connectivity index (χ2n) is 8.07. The van der Waals surface area contributed by atoms with Crippen molar-refractivity contribution in [1.82, 2.24) is 29.0 Å². The number of aromatic nitrogens is 5. The maximum atomic E-state index is 5.53. The van der Waals surface area contributed by atoms with Gasteiger partial charge in [0.1, 0.15) is 12.0 Å². The first-order valence-corrected chi connectivity index (χ1v) is 10.5. The summed E-state index contributed by atoms with van der Waals surface area (Å²) in [5.41, 5.74) is 6.01. The van der Waals surface area contributed by atoms with Crippen LogP contribution >= 0.6 is 0 Å². The van der Waals surface area contributed by atoms with Crippen LogP contribution in [0.1, 0.15) is 36.0 Å². The Morgan fingerprint density at radius 1 is 1.13 bits per heavy atom. The Bertz CT molecular complexity index is 1220. The van der Waals surface area contributed by atoms with Gasteiger partial charge in [-0.1, -0.05) is 35.5 Å². The first-order valence-electron chi connectivity index (χ1n) is 10.5. The van der Waals surface area contributed by atoms with Crippen molar-refractivity contribution in [3.8, 4) is 0 Å². The smallest absolute Gasteiger partial charge is 0.192 e. The van der Waals surface area contributed by atoms with Gasteiger partial charge in [-0.05, 0) is 59.0 Å². The summed E-state index contributed by atoms with van der Waals surface area (Å²) >= 11 is 0. The van der Waals surface area contributed by atoms with E-state index in [1.807, 2.05) is 37.3 Å². The van der Waals surface area contributed by atoms with Gasteiger partial charge in [-0.15, -0.1) is 5.10 Å². The molecule has 0 amide bonds. The fourth-order valence-electron chi connectivity index (χ4n) is 3.77. The predicted molar refractivity (Wildman–Crippen MR) is 122 cm³/mol. The molecule has 0 aliphatic heterocycles. The number of hydrogen-bond acceptors (Lipinski definition) is 6. The number of aryl methyl sites for hydroxylation is 2. The molecule has 8 heteroatoms. The van der Waals surface area contributed by atoms with Crippen LogP contribution in [-0.4, -0.2) is 55.4 Å². The fourth-order valence-corrected chi connectivity index (χ4v) is 3.77. The zero-order chi connectivity index (χ0) is 22.0. The third kappa shape index (κ3) is 4.29. The quantitative estimate of drug-likeness (QED) is 0.322. The van der Waals surface area contributed by atoms with Crippen molar-refractivity contribution in [1.29, 1.82) is 0 Å². The molecule has 0 saturated carbocycles. The highest BCUT2D eigenvalue weighted by Crippen LogP contribution is 2.27. The standard InChI is InChI=1S/C23H29N7O/c1-16-18(3)29(13-9-12-28(4)5)22-21(16)23-25-20(26-30(23)15-24-22)14-31-27-17(2)19-10-7-6-8-11-19/h6-8,10-11,15H,9,12-14H2,1-5H3/b27-17+. The number of hydrogen-bond donors (Lipinski definition) is 0. The van der Waals surface area contributed by atoms with Crippen LogP contribution in [0.2, 0.25) is 0 Å². The van der Waals surface area contributed by atoms with Gasteiger partial charge in [0, 0.05) is 12.2 Å². The monoisotopic (exact) mass is 419 g/mol. The van der Waals surface area contributed by atoms with Gasteiger partial charge in [0.25, 0.3) is 0 Å². The lowest BCUT2D eigenvalue weighted by Gasteiger charge is -2.11. The second-order valence-corrected chi connectivity index (χ2v) is 8.07. The van der Waals surface area contributed by atoms with Crippen molar-refractivity contribution in [2.45, 2.75) is 40.3 Å². The summed E-state index contributed by atoms with van der Waals surface area (Å²) in [6.07, 6.45) is 2.79. The SMILES string of the molecule is C/C(=N\OCc1nc2c3c(C)c(C)n(CCCN(C)C)c3ncn2n1)c1ccccc1. The van der Waals surface area contributed by atoms with Crippen LogP contribution in [0.15, 0.2) is 41.8 Å². The number of benzene rings is 1. The van der Waals surface area contributed by atoms with Crippen molar-refractivity contribution < 1.29 is 4.84 Å². The summed E-state index contributed by atoms with van der Waals surface area (Å²) in [6, 6.07) is 9.94. The molecule has 0 N–H and O–H groups in total. The van der Waals surface area contributed by atoms with Gasteiger partial charge >= 0.3 is 0 Å². The third-order valence-corrected chi connectivity index (χ3v) is 5.56. The van der Waals surface area contributed by atoms with Crippen molar-refractivity contribution >= 4 is 22.4 Å². The molecule has 0 atom stereocenters. The Labute approximate surface area is 182 Å². The van der Waals surface area contributed by atoms with Crippen molar-refractivity contribution in [2.75, 3.05) is 20.6 Å². The summed E-state index contributed by atoms with van der Waals surface area (Å²) in [5, 5.41) is 9.79. The van der Waals surface area contributed by atoms with E-state index in [1.165, 1.54) is 11.3 Å². The van der Waals surface area contributed by atoms with Crippen LogP contribution in [0.25, 0.3) is 16.7 Å². The van der Waals surface area contributed by atoms with Crippen molar-refractivity contribution in [2.24, 2.45) is 5.16 Å². The van der Waals surface area contributed by atoms with E-state index >= 15 is 0 Å². The average molecular weight is 420 g/mol. The molecule has 1 aromatic carbocycles. The van der Waals surface area contributed by atoms with Crippen LogP contribution in [0, 0.1) is 13.8 Å². The van der Waals surface area contributed by atoms with Gasteiger partial charge in [-0.25, -0.2) is 14.5 Å². The minimum Gasteiger partial charge on any atom is -0.387 e. The van der Waals surface area contributed by atoms with Crippen LogP contribution in [-0.2, 0) is 18.0 Å². The molecule has 162 valence electrons. The lowest BCUT2D eigenvalue weighted by atomic mass is 10.1. The molecular weight excluding hydrogens is 390 g/mol. The minimum absolute atomic E-state index is 0.203. The maximum Gasteiger partial charge on any atom is 0.192 e. The van der Waals surface area contributed by atoms with Gasteiger partial charge < -0.3 is 14.3 Å². The minimum atomic E-state index is 0.203. The highest BCUT2D eigenvalue weighted by atomic mass is 16.6. The Balaban J connectivity index is 1.58. The van der Waals surface area contributed by atoms with Crippen LogP contribution in [0.3, 0.4) is 0 Å². The van der Waals surface area contributed by atoms with E-state index in [-0.39, 0.29) is 6.61 Å². The van der Waals surface area contributed by atoms with E-state index in [1.54, 1.807) is 10.8 Å². The Kier molecular flexibility index (Phi) is 5.99. The zero-order valence-corrected chi connectivity index (χ0v) is 18.8. The van der Waals surface area contributed by atoms with E-state index in [2.05, 4.69) is 47.7 Å². The molecule has 0 saturated heterocycles. The van der Waals surface area contributed by atoms with Crippen LogP contribution < -0.4 is 0 Å². The molecule has 0 bridgehead atoms. The highest BCUT2D eigenvalue weighted by Gasteiger charge is 2.18. The first-order chi connectivity index (χ1) is 15.0. The Hall–Kier alpha value is -3.26. The molecular formula is C23H29N7O. The summed E-state index contributed by atoms with van der Waals surface area (Å²) in [7, 11) is 4.19. The summed E-state index contributed by atoms with van der Waals surface area (Å²) in [4.78, 5) is 17.2. The fraction of sp³-hybridized carbons (Fsp3) is 0.391. The predicted octanol–water partition coefficient (Wildman–Crippen LogP) is 3.59. The van der Waals surface area contributed by atoms with Crippen LogP contribution in [0.4, 0.5) is 0 Å².